The van der Waals surface area contributed by atoms with Crippen LogP contribution in [-0.2, 0) is 12.8 Å². The number of unbranched alkanes of at least 4 members (excludes halogenated alkanes) is 1. The summed E-state index contributed by atoms with van der Waals surface area (Å²) in [6.45, 7) is 6.87. The van der Waals surface area contributed by atoms with Crippen LogP contribution in [0.3, 0.4) is 0 Å². The third kappa shape index (κ3) is 3.99. The van der Waals surface area contributed by atoms with Crippen LogP contribution in [0.2, 0.25) is 0 Å². The van der Waals surface area contributed by atoms with Gasteiger partial charge in [-0.15, -0.1) is 0 Å². The van der Waals surface area contributed by atoms with Crippen molar-refractivity contribution in [3.8, 4) is 0 Å². The summed E-state index contributed by atoms with van der Waals surface area (Å²) in [6.07, 6.45) is 7.51. The van der Waals surface area contributed by atoms with Gasteiger partial charge in [-0.2, -0.15) is 0 Å². The standard InChI is InChI=1S/C32H34/c1-4-7-9-22(5-2)14-25-10-8-11-26-17-29-19-30-18-27-15-23(6-3)12-13-24(27)16-28(30)20-31(29)21-32(25)26/h8,10-13,15-22H,4-7,9,14H2,1-3H3. The van der Waals surface area contributed by atoms with Crippen LogP contribution in [-0.4, -0.2) is 0 Å². The van der Waals surface area contributed by atoms with Crippen LogP contribution in [0.4, 0.5) is 0 Å². The minimum atomic E-state index is 0.784. The first kappa shape index (κ1) is 21.0. The Bertz CT molecular complexity index is 1410. The number of fused-ring (bicyclic) bond motifs is 4. The number of hydrogen-bond donors (Lipinski definition) is 0. The second kappa shape index (κ2) is 8.94. The Balaban J connectivity index is 1.63. The maximum absolute atomic E-state index is 2.44. The highest BCUT2D eigenvalue weighted by Crippen LogP contribution is 2.32. The fraction of sp³-hybridized carbons (Fsp3) is 0.312. The summed E-state index contributed by atoms with van der Waals surface area (Å²) in [5.41, 5.74) is 2.92. The van der Waals surface area contributed by atoms with Crippen molar-refractivity contribution >= 4 is 43.1 Å². The van der Waals surface area contributed by atoms with Crippen molar-refractivity contribution in [2.24, 2.45) is 5.92 Å². The molecule has 0 amide bonds. The van der Waals surface area contributed by atoms with Crippen LogP contribution in [0.15, 0.2) is 72.8 Å². The van der Waals surface area contributed by atoms with Crippen molar-refractivity contribution in [1.82, 2.24) is 0 Å². The Morgan fingerprint density at radius 2 is 1.28 bits per heavy atom. The summed E-state index contributed by atoms with van der Waals surface area (Å²) in [6, 6.07) is 28.1. The average molecular weight is 419 g/mol. The third-order valence-corrected chi connectivity index (χ3v) is 7.36. The smallest absolute Gasteiger partial charge is 0.0145 e. The Labute approximate surface area is 192 Å². The first-order valence-electron chi connectivity index (χ1n) is 12.5. The predicted molar refractivity (Wildman–Crippen MR) is 143 cm³/mol. The highest BCUT2D eigenvalue weighted by molar-refractivity contribution is 6.08. The molecule has 32 heavy (non-hydrogen) atoms. The first-order valence-corrected chi connectivity index (χ1v) is 12.5. The van der Waals surface area contributed by atoms with Gasteiger partial charge in [-0.05, 0) is 109 Å². The van der Waals surface area contributed by atoms with Crippen molar-refractivity contribution in [3.05, 3.63) is 83.9 Å². The Hall–Kier alpha value is -2.86. The summed E-state index contributed by atoms with van der Waals surface area (Å²) >= 11 is 0. The number of hydrogen-bond acceptors (Lipinski definition) is 0. The summed E-state index contributed by atoms with van der Waals surface area (Å²) in [7, 11) is 0. The summed E-state index contributed by atoms with van der Waals surface area (Å²) < 4.78 is 0. The van der Waals surface area contributed by atoms with Gasteiger partial charge in [-0.25, -0.2) is 0 Å². The number of rotatable bonds is 7. The summed E-state index contributed by atoms with van der Waals surface area (Å²) in [4.78, 5) is 0. The van der Waals surface area contributed by atoms with E-state index in [1.165, 1.54) is 86.3 Å². The number of aryl methyl sites for hydroxylation is 1. The van der Waals surface area contributed by atoms with E-state index in [2.05, 4.69) is 93.6 Å². The zero-order valence-electron chi connectivity index (χ0n) is 19.7. The van der Waals surface area contributed by atoms with Gasteiger partial charge in [0, 0.05) is 0 Å². The molecular formula is C32H34. The van der Waals surface area contributed by atoms with Crippen LogP contribution >= 0.6 is 0 Å². The Morgan fingerprint density at radius 3 is 1.97 bits per heavy atom. The zero-order chi connectivity index (χ0) is 22.1. The lowest BCUT2D eigenvalue weighted by atomic mass is 9.88. The molecule has 0 spiro atoms. The molecule has 0 aromatic heterocycles. The van der Waals surface area contributed by atoms with Crippen LogP contribution in [0.25, 0.3) is 43.1 Å². The molecule has 1 atom stereocenters. The molecule has 0 radical (unpaired) electrons. The molecule has 5 aromatic rings. The normalized spacial score (nSPS) is 12.8. The van der Waals surface area contributed by atoms with Gasteiger partial charge in [-0.3, -0.25) is 0 Å². The van der Waals surface area contributed by atoms with Gasteiger partial charge in [0.25, 0.3) is 0 Å². The van der Waals surface area contributed by atoms with E-state index in [1.54, 1.807) is 0 Å². The van der Waals surface area contributed by atoms with Crippen molar-refractivity contribution in [2.75, 3.05) is 0 Å². The molecule has 0 heterocycles. The zero-order valence-corrected chi connectivity index (χ0v) is 19.7. The van der Waals surface area contributed by atoms with Crippen molar-refractivity contribution in [2.45, 2.75) is 59.3 Å². The molecule has 0 N–H and O–H groups in total. The van der Waals surface area contributed by atoms with E-state index < -0.39 is 0 Å². The highest BCUT2D eigenvalue weighted by Gasteiger charge is 2.11. The van der Waals surface area contributed by atoms with Gasteiger partial charge < -0.3 is 0 Å². The molecule has 0 nitrogen and oxygen atoms in total. The third-order valence-electron chi connectivity index (χ3n) is 7.36. The molecule has 0 saturated heterocycles. The lowest BCUT2D eigenvalue weighted by molar-refractivity contribution is 0.450. The van der Waals surface area contributed by atoms with Gasteiger partial charge in [0.2, 0.25) is 0 Å². The predicted octanol–water partition coefficient (Wildman–Crippen LogP) is 9.62. The van der Waals surface area contributed by atoms with Gasteiger partial charge in [0.1, 0.15) is 0 Å². The lowest BCUT2D eigenvalue weighted by Crippen LogP contribution is -2.04. The average Bonchev–Trinajstić information content (AvgIpc) is 2.82. The van der Waals surface area contributed by atoms with Crippen LogP contribution < -0.4 is 0 Å². The second-order valence-electron chi connectivity index (χ2n) is 9.54. The van der Waals surface area contributed by atoms with Gasteiger partial charge in [0.15, 0.2) is 0 Å². The topological polar surface area (TPSA) is 0 Å². The van der Waals surface area contributed by atoms with Crippen LogP contribution in [0.5, 0.6) is 0 Å². The first-order chi connectivity index (χ1) is 15.7. The van der Waals surface area contributed by atoms with E-state index in [0.29, 0.717) is 0 Å². The van der Waals surface area contributed by atoms with E-state index in [0.717, 1.165) is 12.3 Å². The van der Waals surface area contributed by atoms with Crippen molar-refractivity contribution < 1.29 is 0 Å². The second-order valence-corrected chi connectivity index (χ2v) is 9.54. The maximum atomic E-state index is 2.44. The minimum Gasteiger partial charge on any atom is -0.0654 e. The molecule has 1 unspecified atom stereocenters. The van der Waals surface area contributed by atoms with Crippen molar-refractivity contribution in [1.29, 1.82) is 0 Å². The van der Waals surface area contributed by atoms with Gasteiger partial charge >= 0.3 is 0 Å². The van der Waals surface area contributed by atoms with E-state index in [-0.39, 0.29) is 0 Å². The van der Waals surface area contributed by atoms with Crippen molar-refractivity contribution in [3.63, 3.8) is 0 Å². The summed E-state index contributed by atoms with van der Waals surface area (Å²) in [5.74, 6) is 0.784. The SMILES string of the molecule is CCCCC(CC)Cc1cccc2cc3cc4cc5cc(CC)ccc5cc4cc3cc12. The maximum Gasteiger partial charge on any atom is -0.0145 e. The molecule has 0 heteroatoms. The van der Waals surface area contributed by atoms with Gasteiger partial charge in [0.05, 0.1) is 0 Å². The molecule has 5 aromatic carbocycles. The lowest BCUT2D eigenvalue weighted by Gasteiger charge is -2.16. The molecule has 0 fully saturated rings. The molecule has 5 rings (SSSR count). The van der Waals surface area contributed by atoms with E-state index in [9.17, 15) is 0 Å². The van der Waals surface area contributed by atoms with E-state index in [4.69, 9.17) is 0 Å². The number of benzene rings is 5. The fourth-order valence-electron chi connectivity index (χ4n) is 5.29. The molecule has 0 saturated carbocycles. The highest BCUT2D eigenvalue weighted by atomic mass is 14.2. The molecule has 0 aliphatic rings. The van der Waals surface area contributed by atoms with Crippen LogP contribution in [0.1, 0.15) is 57.6 Å². The molecule has 0 bridgehead atoms. The monoisotopic (exact) mass is 418 g/mol. The largest absolute Gasteiger partial charge is 0.0654 e. The Morgan fingerprint density at radius 1 is 0.625 bits per heavy atom. The quantitative estimate of drug-likeness (QED) is 0.231. The molecule has 0 aliphatic carbocycles. The molecule has 0 aliphatic heterocycles. The van der Waals surface area contributed by atoms with Gasteiger partial charge in [-0.1, -0.05) is 82.9 Å². The van der Waals surface area contributed by atoms with E-state index >= 15 is 0 Å². The minimum absolute atomic E-state index is 0.784. The Kier molecular flexibility index (Phi) is 5.87. The molecule has 162 valence electrons. The summed E-state index contributed by atoms with van der Waals surface area (Å²) in [5, 5.41) is 10.8. The van der Waals surface area contributed by atoms with E-state index in [1.807, 2.05) is 0 Å². The fourth-order valence-corrected chi connectivity index (χ4v) is 5.29. The molecular weight excluding hydrogens is 384 g/mol. The van der Waals surface area contributed by atoms with Crippen LogP contribution in [0, 0.1) is 5.92 Å².